The molecule has 178 valence electrons. The maximum atomic E-state index is 14.0. The van der Waals surface area contributed by atoms with Crippen molar-refractivity contribution < 1.29 is 28.4 Å². The second-order valence-corrected chi connectivity index (χ2v) is 7.26. The van der Waals surface area contributed by atoms with Crippen molar-refractivity contribution in [2.45, 2.75) is 38.3 Å². The van der Waals surface area contributed by atoms with E-state index in [1.54, 1.807) is 17.1 Å². The molecule has 0 aliphatic carbocycles. The number of nitrogens with one attached hydrogen (secondary N) is 3. The summed E-state index contributed by atoms with van der Waals surface area (Å²) >= 11 is 0. The van der Waals surface area contributed by atoms with Gasteiger partial charge in [0.25, 0.3) is 18.2 Å². The Balaban J connectivity index is 2.21. The Bertz CT molecular complexity index is 1170. The number of carbonyl (C=O) groups is 3. The van der Waals surface area contributed by atoms with E-state index < -0.39 is 42.1 Å². The highest BCUT2D eigenvalue weighted by Gasteiger charge is 2.50. The molecule has 2 atom stereocenters. The van der Waals surface area contributed by atoms with Crippen LogP contribution in [-0.4, -0.2) is 50.5 Å². The van der Waals surface area contributed by atoms with Gasteiger partial charge in [-0.15, -0.1) is 0 Å². The number of alkyl halides is 2. The van der Waals surface area contributed by atoms with Gasteiger partial charge in [-0.3, -0.25) is 19.6 Å². The fourth-order valence-electron chi connectivity index (χ4n) is 3.12. The van der Waals surface area contributed by atoms with E-state index in [1.165, 1.54) is 36.7 Å². The highest BCUT2D eigenvalue weighted by Crippen LogP contribution is 2.25. The highest BCUT2D eigenvalue weighted by molar-refractivity contribution is 5.98. The van der Waals surface area contributed by atoms with Crippen molar-refractivity contribution in [3.8, 4) is 23.7 Å². The summed E-state index contributed by atoms with van der Waals surface area (Å²) in [5.74, 6) is 7.87. The molecule has 0 spiro atoms. The lowest BCUT2D eigenvalue weighted by Crippen LogP contribution is -2.69. The molecule has 0 fully saturated rings. The summed E-state index contributed by atoms with van der Waals surface area (Å²) in [5, 5.41) is 13.3. The molecule has 0 saturated heterocycles. The van der Waals surface area contributed by atoms with Crippen LogP contribution in [0.1, 0.15) is 41.9 Å². The van der Waals surface area contributed by atoms with Gasteiger partial charge in [0.05, 0.1) is 6.33 Å². The molecular formula is C23H23F2N5O4. The van der Waals surface area contributed by atoms with Gasteiger partial charge in [-0.1, -0.05) is 12.8 Å². The molecule has 2 rings (SSSR count). The standard InChI is InChI=1S/C23H23F2N5O4/c1-4-23(22(24)25,28-15(2)31)19(21(33)29-34)27-20(32)17-11-9-16(10-12-17)7-5-6-8-18-13-30(3)14-26-18/h9-14,19,22,34H,4H2,1-3H3,(H,27,32)(H,28,31)(H,29,33). The largest absolute Gasteiger partial charge is 0.343 e. The highest BCUT2D eigenvalue weighted by atomic mass is 19.3. The average molecular weight is 471 g/mol. The number of hydrogen-bond acceptors (Lipinski definition) is 5. The molecule has 11 heteroatoms. The minimum absolute atomic E-state index is 0.0444. The van der Waals surface area contributed by atoms with Gasteiger partial charge >= 0.3 is 0 Å². The molecular weight excluding hydrogens is 448 g/mol. The monoisotopic (exact) mass is 471 g/mol. The molecule has 3 amide bonds. The molecule has 0 radical (unpaired) electrons. The van der Waals surface area contributed by atoms with Crippen LogP contribution in [0.25, 0.3) is 0 Å². The summed E-state index contributed by atoms with van der Waals surface area (Å²) in [4.78, 5) is 40.4. The lowest BCUT2D eigenvalue weighted by Gasteiger charge is -2.38. The third kappa shape index (κ3) is 6.40. The molecule has 2 unspecified atom stereocenters. The number of halogens is 2. The topological polar surface area (TPSA) is 125 Å². The molecule has 2 aromatic rings. The minimum atomic E-state index is -3.23. The number of carbonyl (C=O) groups excluding carboxylic acids is 3. The van der Waals surface area contributed by atoms with Crippen LogP contribution in [0, 0.1) is 23.7 Å². The first-order chi connectivity index (χ1) is 16.1. The van der Waals surface area contributed by atoms with Crippen LogP contribution in [0.2, 0.25) is 0 Å². The molecule has 1 heterocycles. The van der Waals surface area contributed by atoms with Crippen LogP contribution in [0.15, 0.2) is 36.8 Å². The van der Waals surface area contributed by atoms with E-state index in [2.05, 4.69) is 39.3 Å². The summed E-state index contributed by atoms with van der Waals surface area (Å²) in [6.45, 7) is 2.32. The number of imidazole rings is 1. The van der Waals surface area contributed by atoms with Crippen LogP contribution in [0.5, 0.6) is 0 Å². The molecule has 1 aromatic carbocycles. The zero-order chi connectivity index (χ0) is 25.3. The van der Waals surface area contributed by atoms with Crippen LogP contribution in [-0.2, 0) is 16.6 Å². The molecule has 4 N–H and O–H groups in total. The van der Waals surface area contributed by atoms with Gasteiger partial charge in [0.1, 0.15) is 17.3 Å². The number of hydroxylamine groups is 1. The maximum absolute atomic E-state index is 14.0. The summed E-state index contributed by atoms with van der Waals surface area (Å²) in [6, 6.07) is 3.83. The Kier molecular flexibility index (Phi) is 8.87. The van der Waals surface area contributed by atoms with Crippen molar-refractivity contribution in [1.29, 1.82) is 0 Å². The van der Waals surface area contributed by atoms with Gasteiger partial charge < -0.3 is 15.2 Å². The van der Waals surface area contributed by atoms with Gasteiger partial charge in [0.15, 0.2) is 0 Å². The Morgan fingerprint density at radius 2 is 1.82 bits per heavy atom. The molecule has 9 nitrogen and oxygen atoms in total. The van der Waals surface area contributed by atoms with E-state index in [9.17, 15) is 23.2 Å². The van der Waals surface area contributed by atoms with E-state index in [0.717, 1.165) is 6.92 Å². The Morgan fingerprint density at radius 1 is 1.18 bits per heavy atom. The van der Waals surface area contributed by atoms with Crippen LogP contribution in [0.4, 0.5) is 8.78 Å². The number of hydrogen-bond donors (Lipinski definition) is 4. The summed E-state index contributed by atoms with van der Waals surface area (Å²) < 4.78 is 29.7. The number of nitrogens with zero attached hydrogens (tertiary/aromatic N) is 2. The first kappa shape index (κ1) is 26.0. The second kappa shape index (κ2) is 11.6. The van der Waals surface area contributed by atoms with Gasteiger partial charge in [-0.2, -0.15) is 0 Å². The number of aromatic nitrogens is 2. The van der Waals surface area contributed by atoms with Crippen molar-refractivity contribution in [2.75, 3.05) is 0 Å². The van der Waals surface area contributed by atoms with E-state index >= 15 is 0 Å². The first-order valence-electron chi connectivity index (χ1n) is 10.0. The van der Waals surface area contributed by atoms with Crippen molar-refractivity contribution in [2.24, 2.45) is 7.05 Å². The Morgan fingerprint density at radius 3 is 2.32 bits per heavy atom. The van der Waals surface area contributed by atoms with Crippen molar-refractivity contribution in [3.05, 3.63) is 53.6 Å². The van der Waals surface area contributed by atoms with E-state index in [1.807, 2.05) is 7.05 Å². The maximum Gasteiger partial charge on any atom is 0.268 e. The molecule has 0 aliphatic rings. The minimum Gasteiger partial charge on any atom is -0.343 e. The lowest BCUT2D eigenvalue weighted by molar-refractivity contribution is -0.138. The fraction of sp³-hybridized carbons (Fsp3) is 0.304. The zero-order valence-corrected chi connectivity index (χ0v) is 18.6. The number of benzene rings is 1. The van der Waals surface area contributed by atoms with Crippen molar-refractivity contribution >= 4 is 17.7 Å². The summed E-state index contributed by atoms with van der Waals surface area (Å²) in [6.07, 6.45) is -0.289. The molecule has 1 aromatic heterocycles. The predicted octanol–water partition coefficient (Wildman–Crippen LogP) is 0.977. The second-order valence-electron chi connectivity index (χ2n) is 7.26. The van der Waals surface area contributed by atoms with Crippen LogP contribution < -0.4 is 16.1 Å². The number of amides is 3. The lowest BCUT2D eigenvalue weighted by atomic mass is 9.86. The van der Waals surface area contributed by atoms with Crippen LogP contribution >= 0.6 is 0 Å². The molecule has 0 bridgehead atoms. The predicted molar refractivity (Wildman–Crippen MR) is 117 cm³/mol. The third-order valence-corrected chi connectivity index (χ3v) is 4.86. The Labute approximate surface area is 194 Å². The molecule has 34 heavy (non-hydrogen) atoms. The molecule has 0 aliphatic heterocycles. The van der Waals surface area contributed by atoms with Crippen molar-refractivity contribution in [3.63, 3.8) is 0 Å². The Hall–Kier alpha value is -4.22. The van der Waals surface area contributed by atoms with Gasteiger partial charge in [-0.05, 0) is 48.4 Å². The van der Waals surface area contributed by atoms with E-state index in [-0.39, 0.29) is 5.56 Å². The third-order valence-electron chi connectivity index (χ3n) is 4.86. The fourth-order valence-corrected chi connectivity index (χ4v) is 3.12. The van der Waals surface area contributed by atoms with E-state index in [4.69, 9.17) is 5.21 Å². The smallest absolute Gasteiger partial charge is 0.268 e. The molecule has 0 saturated carbocycles. The van der Waals surface area contributed by atoms with Gasteiger partial charge in [-0.25, -0.2) is 19.2 Å². The van der Waals surface area contributed by atoms with Gasteiger partial charge in [0, 0.05) is 31.3 Å². The quantitative estimate of drug-likeness (QED) is 0.272. The van der Waals surface area contributed by atoms with E-state index in [0.29, 0.717) is 11.3 Å². The SMILES string of the molecule is CCC(NC(C)=O)(C(F)F)C(NC(=O)c1ccc(C#CC#Cc2cn(C)cn2)cc1)C(=O)NO. The van der Waals surface area contributed by atoms with Gasteiger partial charge in [0.2, 0.25) is 5.91 Å². The summed E-state index contributed by atoms with van der Waals surface area (Å²) in [5.41, 5.74) is -0.0299. The zero-order valence-electron chi connectivity index (χ0n) is 18.6. The first-order valence-corrected chi connectivity index (χ1v) is 10.0. The average Bonchev–Trinajstić information content (AvgIpc) is 3.23. The van der Waals surface area contributed by atoms with Crippen LogP contribution in [0.3, 0.4) is 0 Å². The normalized spacial score (nSPS) is 12.8. The number of aryl methyl sites for hydroxylation is 1. The van der Waals surface area contributed by atoms with Crippen molar-refractivity contribution in [1.82, 2.24) is 25.7 Å². The summed E-state index contributed by atoms with van der Waals surface area (Å²) in [7, 11) is 1.82. The number of rotatable bonds is 7.